The van der Waals surface area contributed by atoms with Gasteiger partial charge in [0.2, 0.25) is 11.8 Å². The molecule has 6 atom stereocenters. The van der Waals surface area contributed by atoms with Crippen molar-refractivity contribution in [2.75, 3.05) is 9.80 Å². The summed E-state index contributed by atoms with van der Waals surface area (Å²) in [7, 11) is 0. The quantitative estimate of drug-likeness (QED) is 0.128. The van der Waals surface area contributed by atoms with Crippen molar-refractivity contribution in [2.24, 2.45) is 17.8 Å². The second-order valence-electron chi connectivity index (χ2n) is 12.0. The summed E-state index contributed by atoms with van der Waals surface area (Å²) in [6.45, 7) is 1.66. The van der Waals surface area contributed by atoms with Crippen molar-refractivity contribution in [1.82, 2.24) is 0 Å². The van der Waals surface area contributed by atoms with Crippen LogP contribution in [0.3, 0.4) is 0 Å². The van der Waals surface area contributed by atoms with Crippen molar-refractivity contribution in [3.63, 3.8) is 0 Å². The number of carbonyl (C=O) groups excluding carboxylic acids is 4. The summed E-state index contributed by atoms with van der Waals surface area (Å²) in [6.07, 6.45) is 1.55. The fourth-order valence-corrected chi connectivity index (χ4v) is 8.56. The number of nitro groups is 1. The normalized spacial score (nSPS) is 30.2. The first-order valence-electron chi connectivity index (χ1n) is 14.4. The molecule has 3 aromatic carbocycles. The van der Waals surface area contributed by atoms with Crippen LogP contribution in [0.2, 0.25) is 0 Å². The lowest BCUT2D eigenvalue weighted by Crippen LogP contribution is -2.60. The van der Waals surface area contributed by atoms with E-state index in [2.05, 4.69) is 0 Å². The topological polar surface area (TPSA) is 138 Å². The number of alkyl halides is 2. The number of para-hydroxylation sites is 1. The van der Waals surface area contributed by atoms with Gasteiger partial charge in [-0.3, -0.25) is 34.2 Å². The number of imide groups is 2. The number of non-ortho nitro benzene ring substituents is 1. The third-order valence-electron chi connectivity index (χ3n) is 9.79. The lowest BCUT2D eigenvalue weighted by Gasteiger charge is -2.50. The smallest absolute Gasteiger partial charge is 0.269 e. The van der Waals surface area contributed by atoms with Crippen molar-refractivity contribution >= 4 is 63.9 Å². The number of rotatable bonds is 4. The number of aryl methyl sites for hydroxylation is 1. The molecule has 2 aliphatic carbocycles. The molecule has 3 aromatic rings. The van der Waals surface area contributed by atoms with Gasteiger partial charge >= 0.3 is 0 Å². The Morgan fingerprint density at radius 3 is 2.17 bits per heavy atom. The minimum atomic E-state index is -2.18. The molecular formula is C33H24Cl2FN3O7. The highest BCUT2D eigenvalue weighted by Crippen LogP contribution is 2.66. The van der Waals surface area contributed by atoms with Crippen LogP contribution in [0, 0.1) is 40.6 Å². The lowest BCUT2D eigenvalue weighted by atomic mass is 9.56. The summed E-state index contributed by atoms with van der Waals surface area (Å²) in [5.41, 5.74) is 1.17. The van der Waals surface area contributed by atoms with Crippen LogP contribution in [0.15, 0.2) is 78.4 Å². The average Bonchev–Trinajstić information content (AvgIpc) is 3.37. The standard InChI is InChI=1S/C33H24Cl2FN3O7/c1-16-3-2-4-23(27(16)40)26-21-13-14-22-25(29(42)37(28(22)41)18-9-11-20(12-10-18)39(45)46)24(21)15-32(34)30(43)38(31(44)33(26,32)35)19-7-5-17(36)6-8-19/h2-13,22,24-26,40H,14-15H2,1H3/t22-,24+,25-,26+,32+,33-/m0/s1. The van der Waals surface area contributed by atoms with Crippen LogP contribution in [0.4, 0.5) is 21.5 Å². The Balaban J connectivity index is 1.38. The molecule has 2 heterocycles. The van der Waals surface area contributed by atoms with E-state index in [1.54, 1.807) is 31.2 Å². The molecule has 10 nitrogen and oxygen atoms in total. The number of fused-ring (bicyclic) bond motifs is 4. The predicted octanol–water partition coefficient (Wildman–Crippen LogP) is 5.52. The second-order valence-corrected chi connectivity index (χ2v) is 13.3. The number of allylic oxidation sites excluding steroid dienone is 2. The van der Waals surface area contributed by atoms with Crippen LogP contribution < -0.4 is 9.80 Å². The zero-order valence-electron chi connectivity index (χ0n) is 24.0. The maximum Gasteiger partial charge on any atom is 0.269 e. The van der Waals surface area contributed by atoms with Gasteiger partial charge in [0.15, 0.2) is 9.75 Å². The monoisotopic (exact) mass is 663 g/mol. The van der Waals surface area contributed by atoms with E-state index in [1.807, 2.05) is 0 Å². The molecule has 4 amide bonds. The number of anilines is 2. The Hall–Kier alpha value is -4.61. The minimum Gasteiger partial charge on any atom is -0.507 e. The maximum absolute atomic E-state index is 14.4. The highest BCUT2D eigenvalue weighted by molar-refractivity contribution is 6.58. The number of phenolic OH excluding ortho intramolecular Hbond substituents is 1. The van der Waals surface area contributed by atoms with E-state index in [0.717, 1.165) is 21.9 Å². The molecule has 46 heavy (non-hydrogen) atoms. The molecule has 1 saturated carbocycles. The SMILES string of the molecule is Cc1cccc([C@H]2C3=CC[C@@H]4C(=O)N(c5ccc([N+](=O)[O-])cc5)C(=O)[C@@H]4[C@@H]3C[C@@]3(Cl)C(=O)N(c4ccc(F)cc4)C(=O)[C@@]23Cl)c1O. The van der Waals surface area contributed by atoms with E-state index < -0.39 is 67.8 Å². The zero-order chi connectivity index (χ0) is 32.9. The van der Waals surface area contributed by atoms with E-state index in [9.17, 15) is 38.8 Å². The number of phenols is 1. The number of benzene rings is 3. The fourth-order valence-electron chi connectivity index (χ4n) is 7.64. The molecule has 3 fully saturated rings. The number of nitrogens with zero attached hydrogens (tertiary/aromatic N) is 3. The molecule has 1 N–H and O–H groups in total. The number of aromatic hydroxyl groups is 1. The maximum atomic E-state index is 14.4. The molecule has 2 aliphatic heterocycles. The molecule has 234 valence electrons. The zero-order valence-corrected chi connectivity index (χ0v) is 25.5. The largest absolute Gasteiger partial charge is 0.507 e. The van der Waals surface area contributed by atoms with Gasteiger partial charge < -0.3 is 5.11 Å². The van der Waals surface area contributed by atoms with E-state index >= 15 is 0 Å². The van der Waals surface area contributed by atoms with Gasteiger partial charge in [-0.05, 0) is 67.6 Å². The van der Waals surface area contributed by atoms with Crippen molar-refractivity contribution < 1.29 is 33.6 Å². The molecule has 2 saturated heterocycles. The third kappa shape index (κ3) is 3.88. The van der Waals surface area contributed by atoms with Gasteiger partial charge in [0.05, 0.1) is 28.1 Å². The van der Waals surface area contributed by atoms with Gasteiger partial charge in [0, 0.05) is 23.6 Å². The molecular weight excluding hydrogens is 640 g/mol. The van der Waals surface area contributed by atoms with Crippen LogP contribution in [-0.4, -0.2) is 43.4 Å². The highest BCUT2D eigenvalue weighted by Gasteiger charge is 2.77. The van der Waals surface area contributed by atoms with Crippen molar-refractivity contribution in [1.29, 1.82) is 0 Å². The van der Waals surface area contributed by atoms with Crippen molar-refractivity contribution in [3.05, 3.63) is 105 Å². The number of halogens is 3. The summed E-state index contributed by atoms with van der Waals surface area (Å²) in [6, 6.07) is 14.6. The number of carbonyl (C=O) groups is 4. The Morgan fingerprint density at radius 1 is 0.891 bits per heavy atom. The van der Waals surface area contributed by atoms with Gasteiger partial charge in [-0.2, -0.15) is 0 Å². The van der Waals surface area contributed by atoms with Gasteiger partial charge in [-0.15, -0.1) is 23.2 Å². The van der Waals surface area contributed by atoms with Crippen molar-refractivity contribution in [3.8, 4) is 5.75 Å². The molecule has 0 radical (unpaired) electrons. The molecule has 13 heteroatoms. The first kappa shape index (κ1) is 30.1. The number of hydrogen-bond donors (Lipinski definition) is 1. The van der Waals surface area contributed by atoms with E-state index in [0.29, 0.717) is 11.1 Å². The van der Waals surface area contributed by atoms with E-state index in [1.165, 1.54) is 36.4 Å². The molecule has 7 rings (SSSR count). The lowest BCUT2D eigenvalue weighted by molar-refractivity contribution is -0.384. The number of amides is 4. The molecule has 0 bridgehead atoms. The Labute approximate surface area is 271 Å². The summed E-state index contributed by atoms with van der Waals surface area (Å²) in [5, 5.41) is 22.5. The Bertz CT molecular complexity index is 1920. The van der Waals surface area contributed by atoms with E-state index in [4.69, 9.17) is 23.2 Å². The summed E-state index contributed by atoms with van der Waals surface area (Å²) < 4.78 is 13.8. The predicted molar refractivity (Wildman–Crippen MR) is 165 cm³/mol. The van der Waals surface area contributed by atoms with Crippen molar-refractivity contribution in [2.45, 2.75) is 35.4 Å². The first-order valence-corrected chi connectivity index (χ1v) is 15.2. The van der Waals surface area contributed by atoms with Crippen LogP contribution >= 0.6 is 23.2 Å². The van der Waals surface area contributed by atoms with Crippen LogP contribution in [0.25, 0.3) is 0 Å². The molecule has 0 aromatic heterocycles. The minimum absolute atomic E-state index is 0.0457. The van der Waals surface area contributed by atoms with Gasteiger partial charge in [0.1, 0.15) is 11.6 Å². The Morgan fingerprint density at radius 2 is 1.52 bits per heavy atom. The molecule has 4 aliphatic rings. The van der Waals surface area contributed by atoms with Gasteiger partial charge in [-0.1, -0.05) is 29.8 Å². The van der Waals surface area contributed by atoms with Gasteiger partial charge in [-0.25, -0.2) is 9.29 Å². The molecule has 0 unspecified atom stereocenters. The van der Waals surface area contributed by atoms with Crippen LogP contribution in [0.1, 0.15) is 29.9 Å². The second kappa shape index (κ2) is 10.2. The summed E-state index contributed by atoms with van der Waals surface area (Å²) in [5.74, 6) is -7.48. The third-order valence-corrected chi connectivity index (χ3v) is 11.2. The average molecular weight is 664 g/mol. The number of hydrogen-bond acceptors (Lipinski definition) is 7. The summed E-state index contributed by atoms with van der Waals surface area (Å²) in [4.78, 5) is 64.6. The van der Waals surface area contributed by atoms with E-state index in [-0.39, 0.29) is 41.2 Å². The molecule has 0 spiro atoms. The van der Waals surface area contributed by atoms with Gasteiger partial charge in [0.25, 0.3) is 17.5 Å². The Kier molecular flexibility index (Phi) is 6.67. The summed E-state index contributed by atoms with van der Waals surface area (Å²) >= 11 is 14.6. The fraction of sp³-hybridized carbons (Fsp3) is 0.273. The number of nitro benzene ring substituents is 1. The van der Waals surface area contributed by atoms with Crippen LogP contribution in [0.5, 0.6) is 5.75 Å². The highest BCUT2D eigenvalue weighted by atomic mass is 35.5. The van der Waals surface area contributed by atoms with Crippen LogP contribution in [-0.2, 0) is 19.2 Å². The first-order chi connectivity index (χ1) is 21.8.